The number of benzene rings is 6. The average Bonchev–Trinajstić information content (AvgIpc) is 3.73. The summed E-state index contributed by atoms with van der Waals surface area (Å²) in [6.07, 6.45) is 0. The van der Waals surface area contributed by atoms with Crippen LogP contribution in [0.1, 0.15) is 33.4 Å². The molecule has 2 heterocycles. The van der Waals surface area contributed by atoms with Crippen molar-refractivity contribution in [3.63, 3.8) is 0 Å². The Morgan fingerprint density at radius 3 is 0.958 bits per heavy atom. The summed E-state index contributed by atoms with van der Waals surface area (Å²) in [4.78, 5) is 2.48. The molecular formula is C44H34N2S2. The van der Waals surface area contributed by atoms with Crippen LogP contribution in [0.25, 0.3) is 21.0 Å². The van der Waals surface area contributed by atoms with Crippen LogP contribution in [-0.2, 0) is 0 Å². The molecular weight excluding hydrogens is 621 g/mol. The van der Waals surface area contributed by atoms with Gasteiger partial charge in [-0.15, -0.1) is 0 Å². The highest BCUT2D eigenvalue weighted by Gasteiger charge is 2.41. The molecule has 0 bridgehead atoms. The van der Waals surface area contributed by atoms with E-state index in [1.807, 2.05) is 23.9 Å². The third-order valence-corrected chi connectivity index (χ3v) is 11.2. The van der Waals surface area contributed by atoms with Crippen molar-refractivity contribution in [3.05, 3.63) is 215 Å². The van der Waals surface area contributed by atoms with Crippen LogP contribution in [0.3, 0.4) is 0 Å². The predicted octanol–water partition coefficient (Wildman–Crippen LogP) is 12.3. The number of allylic oxidation sites excluding steroid dienone is 2. The van der Waals surface area contributed by atoms with E-state index >= 15 is 0 Å². The largest absolute Gasteiger partial charge is 0.277 e. The Labute approximate surface area is 292 Å². The Morgan fingerprint density at radius 2 is 0.625 bits per heavy atom. The van der Waals surface area contributed by atoms with E-state index in [1.165, 1.54) is 77.1 Å². The second-order valence-corrected chi connectivity index (χ2v) is 13.8. The first-order valence-corrected chi connectivity index (χ1v) is 17.8. The zero-order valence-corrected chi connectivity index (χ0v) is 28.5. The van der Waals surface area contributed by atoms with Gasteiger partial charge >= 0.3 is 0 Å². The monoisotopic (exact) mass is 654 g/mol. The van der Waals surface area contributed by atoms with Crippen LogP contribution in [0.5, 0.6) is 0 Å². The fourth-order valence-electron chi connectivity index (χ4n) is 6.45. The van der Waals surface area contributed by atoms with E-state index in [9.17, 15) is 0 Å². The van der Waals surface area contributed by atoms with Crippen LogP contribution in [0, 0.1) is 13.8 Å². The number of rotatable bonds is 6. The first kappa shape index (κ1) is 30.2. The number of hydrogen-bond donors (Lipinski definition) is 0. The lowest BCUT2D eigenvalue weighted by atomic mass is 9.92. The zero-order valence-electron chi connectivity index (χ0n) is 26.9. The summed E-state index contributed by atoms with van der Waals surface area (Å²) < 4.78 is 4.97. The molecule has 4 heteroatoms. The first-order chi connectivity index (χ1) is 23.7. The smallest absolute Gasteiger partial charge is 0.0872 e. The second kappa shape index (κ2) is 13.2. The molecule has 6 aromatic carbocycles. The Hall–Kier alpha value is -5.16. The van der Waals surface area contributed by atoms with Gasteiger partial charge < -0.3 is 0 Å². The highest BCUT2D eigenvalue weighted by atomic mass is 32.2. The molecule has 0 saturated heterocycles. The van der Waals surface area contributed by atoms with Gasteiger partial charge in [-0.3, -0.25) is 8.61 Å². The summed E-state index contributed by atoms with van der Waals surface area (Å²) in [6, 6.07) is 61.1. The summed E-state index contributed by atoms with van der Waals surface area (Å²) in [5.74, 6) is 0. The molecule has 8 rings (SSSR count). The van der Waals surface area contributed by atoms with E-state index in [0.717, 1.165) is 0 Å². The van der Waals surface area contributed by atoms with Crippen molar-refractivity contribution in [1.82, 2.24) is 0 Å². The molecule has 0 unspecified atom stereocenters. The van der Waals surface area contributed by atoms with E-state index in [2.05, 4.69) is 192 Å². The SMILES string of the molecule is Cc1ccccc1N1SC(c2ccccc2)=C(c2ccccc2)/C1=C1\C(c2ccccc2)=C(c2ccccc2)SN1c1ccccc1C. The fraction of sp³-hybridized carbons (Fsp3) is 0.0455. The summed E-state index contributed by atoms with van der Waals surface area (Å²) in [7, 11) is 0. The highest BCUT2D eigenvalue weighted by molar-refractivity contribution is 8.11. The molecule has 2 aliphatic heterocycles. The van der Waals surface area contributed by atoms with Crippen LogP contribution < -0.4 is 8.61 Å². The van der Waals surface area contributed by atoms with Gasteiger partial charge in [-0.25, -0.2) is 0 Å². The number of hydrogen-bond acceptors (Lipinski definition) is 4. The number of anilines is 2. The van der Waals surface area contributed by atoms with E-state index in [0.29, 0.717) is 0 Å². The Kier molecular flexibility index (Phi) is 8.27. The lowest BCUT2D eigenvalue weighted by molar-refractivity contribution is 1.23. The summed E-state index contributed by atoms with van der Waals surface area (Å²) in [5, 5.41) is 0. The van der Waals surface area contributed by atoms with Gasteiger partial charge in [-0.2, -0.15) is 0 Å². The Balaban J connectivity index is 1.55. The van der Waals surface area contributed by atoms with Gasteiger partial charge in [-0.05, 0) is 83.3 Å². The molecule has 0 radical (unpaired) electrons. The second-order valence-electron chi connectivity index (χ2n) is 11.9. The Bertz CT molecular complexity index is 2030. The Morgan fingerprint density at radius 1 is 0.333 bits per heavy atom. The molecule has 0 amide bonds. The standard InChI is InChI=1S/C44H34N2S2/c1-31-19-15-17-29-37(31)45-41(39(33-21-7-3-8-22-33)43(47-45)35-25-11-5-12-26-35)42-40(34-23-9-4-10-24-34)44(36-27-13-6-14-28-36)48-46(42)38-30-18-16-20-32(38)2/h3-30H,1-2H3/b42-41-. The topological polar surface area (TPSA) is 6.48 Å². The quantitative estimate of drug-likeness (QED) is 0.165. The number of aryl methyl sites for hydroxylation is 2. The zero-order chi connectivity index (χ0) is 32.5. The molecule has 232 valence electrons. The molecule has 0 atom stereocenters. The van der Waals surface area contributed by atoms with Gasteiger partial charge in [0.05, 0.1) is 22.8 Å². The van der Waals surface area contributed by atoms with E-state index in [1.54, 1.807) is 0 Å². The van der Waals surface area contributed by atoms with Crippen LogP contribution in [0.4, 0.5) is 11.4 Å². The third kappa shape index (κ3) is 5.47. The van der Waals surface area contributed by atoms with E-state index in [4.69, 9.17) is 0 Å². The first-order valence-electron chi connectivity index (χ1n) is 16.2. The maximum atomic E-state index is 2.48. The van der Waals surface area contributed by atoms with Crippen LogP contribution in [0.2, 0.25) is 0 Å². The molecule has 0 aliphatic carbocycles. The molecule has 0 N–H and O–H groups in total. The van der Waals surface area contributed by atoms with E-state index in [-0.39, 0.29) is 0 Å². The molecule has 6 aromatic rings. The van der Waals surface area contributed by atoms with E-state index < -0.39 is 0 Å². The van der Waals surface area contributed by atoms with Crippen molar-refractivity contribution in [2.75, 3.05) is 8.61 Å². The lowest BCUT2D eigenvalue weighted by Crippen LogP contribution is -2.21. The van der Waals surface area contributed by atoms with Crippen molar-refractivity contribution in [1.29, 1.82) is 0 Å². The molecule has 48 heavy (non-hydrogen) atoms. The minimum atomic E-state index is 1.18. The summed E-state index contributed by atoms with van der Waals surface area (Å²) in [6.45, 7) is 4.43. The van der Waals surface area contributed by atoms with Crippen molar-refractivity contribution < 1.29 is 0 Å². The molecule has 0 fully saturated rings. The van der Waals surface area contributed by atoms with Gasteiger partial charge in [0.25, 0.3) is 0 Å². The van der Waals surface area contributed by atoms with Gasteiger partial charge in [0.1, 0.15) is 0 Å². The fourth-order valence-corrected chi connectivity index (χ4v) is 9.06. The predicted molar refractivity (Wildman–Crippen MR) is 209 cm³/mol. The van der Waals surface area contributed by atoms with Gasteiger partial charge in [0, 0.05) is 21.0 Å². The molecule has 2 nitrogen and oxygen atoms in total. The summed E-state index contributed by atoms with van der Waals surface area (Å²) in [5.41, 5.74) is 14.4. The van der Waals surface area contributed by atoms with Gasteiger partial charge in [-0.1, -0.05) is 158 Å². The molecule has 0 aromatic heterocycles. The number of para-hydroxylation sites is 2. The minimum Gasteiger partial charge on any atom is -0.277 e. The van der Waals surface area contributed by atoms with Crippen LogP contribution in [-0.4, -0.2) is 0 Å². The molecule has 0 spiro atoms. The van der Waals surface area contributed by atoms with Crippen molar-refractivity contribution >= 4 is 56.2 Å². The van der Waals surface area contributed by atoms with Gasteiger partial charge in [0.15, 0.2) is 0 Å². The number of nitrogens with zero attached hydrogens (tertiary/aromatic N) is 2. The highest BCUT2D eigenvalue weighted by Crippen LogP contribution is 2.60. The lowest BCUT2D eigenvalue weighted by Gasteiger charge is -2.30. The van der Waals surface area contributed by atoms with Crippen molar-refractivity contribution in [2.24, 2.45) is 0 Å². The van der Waals surface area contributed by atoms with Gasteiger partial charge in [0.2, 0.25) is 0 Å². The van der Waals surface area contributed by atoms with Crippen LogP contribution >= 0.6 is 23.9 Å². The van der Waals surface area contributed by atoms with Crippen molar-refractivity contribution in [2.45, 2.75) is 13.8 Å². The molecule has 0 saturated carbocycles. The van der Waals surface area contributed by atoms with Crippen LogP contribution in [0.15, 0.2) is 181 Å². The van der Waals surface area contributed by atoms with Crippen molar-refractivity contribution in [3.8, 4) is 0 Å². The maximum Gasteiger partial charge on any atom is 0.0872 e. The maximum absolute atomic E-state index is 2.48. The normalized spacial score (nSPS) is 16.3. The minimum absolute atomic E-state index is 1.18. The average molecular weight is 655 g/mol. The molecule has 2 aliphatic rings. The summed E-state index contributed by atoms with van der Waals surface area (Å²) >= 11 is 3.64. The third-order valence-electron chi connectivity index (χ3n) is 8.79.